The first-order valence-electron chi connectivity index (χ1n) is 10.7. The summed E-state index contributed by atoms with van der Waals surface area (Å²) in [6.07, 6.45) is 3.18. The molecule has 0 amide bonds. The Morgan fingerprint density at radius 2 is 1.97 bits per heavy atom. The third kappa shape index (κ3) is 6.29. The molecule has 0 bridgehead atoms. The van der Waals surface area contributed by atoms with Crippen molar-refractivity contribution in [3.63, 3.8) is 0 Å². The monoisotopic (exact) mass is 575 g/mol. The highest BCUT2D eigenvalue weighted by molar-refractivity contribution is 9.10. The fourth-order valence-corrected chi connectivity index (χ4v) is 5.63. The van der Waals surface area contributed by atoms with Crippen molar-refractivity contribution in [1.82, 2.24) is 0 Å². The maximum atomic E-state index is 15.8. The molecule has 7 nitrogen and oxygen atoms in total. The standard InChI is InChI=1S/C23H25BrF3N3O4S/c1-28-23(18(24)13-29-16-8-10-34-11-9-16)17-4-3-5-20(22(17)27)30(14-33-2)35(31,32)21-12-15(25)6-7-19(21)26/h3-7,12-13,16,18H,8-11,14H2,1-2H3. The van der Waals surface area contributed by atoms with Gasteiger partial charge in [0.1, 0.15) is 23.3 Å². The molecule has 1 fully saturated rings. The molecule has 1 heterocycles. The van der Waals surface area contributed by atoms with Crippen molar-refractivity contribution in [1.29, 1.82) is 0 Å². The summed E-state index contributed by atoms with van der Waals surface area (Å²) in [6.45, 7) is 0.604. The predicted octanol–water partition coefficient (Wildman–Crippen LogP) is 4.34. The van der Waals surface area contributed by atoms with Crippen molar-refractivity contribution in [2.45, 2.75) is 28.6 Å². The SMILES string of the molecule is CN=C(c1cccc(N(COC)S(=O)(=O)c2cc(F)ccc2F)c1F)C(Br)C=NC1CCOCC1. The van der Waals surface area contributed by atoms with E-state index in [0.717, 1.165) is 18.9 Å². The van der Waals surface area contributed by atoms with Crippen LogP contribution in [0.2, 0.25) is 0 Å². The summed E-state index contributed by atoms with van der Waals surface area (Å²) in [5.41, 5.74) is -0.122. The van der Waals surface area contributed by atoms with E-state index in [1.54, 1.807) is 6.21 Å². The number of anilines is 1. The average molecular weight is 576 g/mol. The summed E-state index contributed by atoms with van der Waals surface area (Å²) >= 11 is 3.46. The third-order valence-corrected chi connectivity index (χ3v) is 7.77. The molecule has 1 unspecified atom stereocenters. The van der Waals surface area contributed by atoms with Crippen LogP contribution in [0.4, 0.5) is 18.9 Å². The van der Waals surface area contributed by atoms with E-state index in [1.165, 1.54) is 32.4 Å². The Hall–Kier alpha value is -2.28. The molecular formula is C23H25BrF3N3O4S. The minimum Gasteiger partial charge on any atom is -0.381 e. The Kier molecular flexibility index (Phi) is 9.45. The molecular weight excluding hydrogens is 551 g/mol. The lowest BCUT2D eigenvalue weighted by Crippen LogP contribution is -2.34. The van der Waals surface area contributed by atoms with Crippen LogP contribution in [0, 0.1) is 17.5 Å². The van der Waals surface area contributed by atoms with Crippen LogP contribution in [0.1, 0.15) is 18.4 Å². The van der Waals surface area contributed by atoms with Gasteiger partial charge in [-0.3, -0.25) is 9.98 Å². The lowest BCUT2D eigenvalue weighted by Gasteiger charge is -2.25. The van der Waals surface area contributed by atoms with Crippen LogP contribution in [0.5, 0.6) is 0 Å². The van der Waals surface area contributed by atoms with Gasteiger partial charge in [-0.25, -0.2) is 25.9 Å². The summed E-state index contributed by atoms with van der Waals surface area (Å²) in [7, 11) is -2.05. The molecule has 0 saturated carbocycles. The van der Waals surface area contributed by atoms with E-state index < -0.39 is 49.6 Å². The van der Waals surface area contributed by atoms with Gasteiger partial charge in [0, 0.05) is 39.1 Å². The number of halogens is 4. The maximum absolute atomic E-state index is 15.8. The highest BCUT2D eigenvalue weighted by Crippen LogP contribution is 2.30. The average Bonchev–Trinajstić information content (AvgIpc) is 2.85. The molecule has 0 spiro atoms. The van der Waals surface area contributed by atoms with Crippen LogP contribution in [-0.4, -0.2) is 65.3 Å². The first-order chi connectivity index (χ1) is 16.7. The molecule has 1 aliphatic heterocycles. The van der Waals surface area contributed by atoms with Crippen molar-refractivity contribution in [3.05, 3.63) is 59.4 Å². The fourth-order valence-electron chi connectivity index (χ4n) is 3.58. The molecule has 0 aromatic heterocycles. The Labute approximate surface area is 210 Å². The first kappa shape index (κ1) is 27.3. The lowest BCUT2D eigenvalue weighted by molar-refractivity contribution is 0.0872. The van der Waals surface area contributed by atoms with Gasteiger partial charge in [0.15, 0.2) is 5.82 Å². The molecule has 0 radical (unpaired) electrons. The van der Waals surface area contributed by atoms with Gasteiger partial charge in [-0.2, -0.15) is 0 Å². The Morgan fingerprint density at radius 3 is 2.63 bits per heavy atom. The van der Waals surface area contributed by atoms with Gasteiger partial charge in [-0.05, 0) is 37.1 Å². The van der Waals surface area contributed by atoms with Crippen molar-refractivity contribution in [3.8, 4) is 0 Å². The van der Waals surface area contributed by atoms with E-state index in [-0.39, 0.29) is 17.3 Å². The second-order valence-corrected chi connectivity index (χ2v) is 10.5. The van der Waals surface area contributed by atoms with Crippen LogP contribution < -0.4 is 4.31 Å². The Balaban J connectivity index is 2.00. The molecule has 1 aliphatic rings. The lowest BCUT2D eigenvalue weighted by atomic mass is 10.1. The molecule has 1 atom stereocenters. The smallest absolute Gasteiger partial charge is 0.269 e. The minimum absolute atomic E-state index is 0.0151. The van der Waals surface area contributed by atoms with Crippen LogP contribution in [0.15, 0.2) is 51.3 Å². The van der Waals surface area contributed by atoms with E-state index in [4.69, 9.17) is 9.47 Å². The van der Waals surface area contributed by atoms with Gasteiger partial charge in [-0.15, -0.1) is 0 Å². The van der Waals surface area contributed by atoms with Crippen molar-refractivity contribution in [2.24, 2.45) is 9.98 Å². The number of methoxy groups -OCH3 is 1. The predicted molar refractivity (Wildman–Crippen MR) is 132 cm³/mol. The minimum atomic E-state index is -4.72. The fraction of sp³-hybridized carbons (Fsp3) is 0.391. The number of sulfonamides is 1. The van der Waals surface area contributed by atoms with Gasteiger partial charge in [0.05, 0.1) is 22.3 Å². The number of alkyl halides is 1. The molecule has 1 saturated heterocycles. The van der Waals surface area contributed by atoms with Crippen LogP contribution in [0.25, 0.3) is 0 Å². The molecule has 12 heteroatoms. The van der Waals surface area contributed by atoms with Crippen molar-refractivity contribution >= 4 is 43.6 Å². The summed E-state index contributed by atoms with van der Waals surface area (Å²) in [5, 5.41) is 0. The van der Waals surface area contributed by atoms with Gasteiger partial charge in [0.25, 0.3) is 10.0 Å². The molecule has 2 aromatic rings. The van der Waals surface area contributed by atoms with E-state index in [0.29, 0.717) is 29.7 Å². The zero-order valence-electron chi connectivity index (χ0n) is 19.1. The highest BCUT2D eigenvalue weighted by Gasteiger charge is 2.32. The normalized spacial score (nSPS) is 16.6. The molecule has 3 rings (SSSR count). The first-order valence-corrected chi connectivity index (χ1v) is 13.0. The Morgan fingerprint density at radius 1 is 1.26 bits per heavy atom. The van der Waals surface area contributed by atoms with Crippen molar-refractivity contribution in [2.75, 3.05) is 38.4 Å². The van der Waals surface area contributed by atoms with Gasteiger partial charge < -0.3 is 9.47 Å². The number of nitrogens with zero attached hydrogens (tertiary/aromatic N) is 3. The molecule has 0 N–H and O–H groups in total. The van der Waals surface area contributed by atoms with Crippen LogP contribution in [-0.2, 0) is 19.5 Å². The zero-order chi connectivity index (χ0) is 25.6. The second-order valence-electron chi connectivity index (χ2n) is 7.64. The summed E-state index contributed by atoms with van der Waals surface area (Å²) < 4.78 is 81.1. The largest absolute Gasteiger partial charge is 0.381 e. The Bertz CT molecular complexity index is 1200. The summed E-state index contributed by atoms with van der Waals surface area (Å²) in [6, 6.07) is 6.19. The maximum Gasteiger partial charge on any atom is 0.269 e. The van der Waals surface area contributed by atoms with E-state index in [1.807, 2.05) is 0 Å². The number of ether oxygens (including phenoxy) is 2. The number of benzene rings is 2. The summed E-state index contributed by atoms with van der Waals surface area (Å²) in [5.74, 6) is -3.05. The van der Waals surface area contributed by atoms with E-state index >= 15 is 4.39 Å². The number of hydrogen-bond donors (Lipinski definition) is 0. The van der Waals surface area contributed by atoms with Gasteiger partial charge >= 0.3 is 0 Å². The number of hydrogen-bond acceptors (Lipinski definition) is 6. The third-order valence-electron chi connectivity index (χ3n) is 5.35. The molecule has 2 aromatic carbocycles. The second kappa shape index (κ2) is 12.1. The van der Waals surface area contributed by atoms with Gasteiger partial charge in [0.2, 0.25) is 0 Å². The zero-order valence-corrected chi connectivity index (χ0v) is 21.5. The summed E-state index contributed by atoms with van der Waals surface area (Å²) in [4.78, 5) is 7.21. The van der Waals surface area contributed by atoms with Crippen LogP contribution >= 0.6 is 15.9 Å². The molecule has 190 valence electrons. The van der Waals surface area contributed by atoms with Gasteiger partial charge in [-0.1, -0.05) is 28.1 Å². The quantitative estimate of drug-likeness (QED) is 0.253. The number of aliphatic imine (C=N–C) groups is 2. The highest BCUT2D eigenvalue weighted by atomic mass is 79.9. The van der Waals surface area contributed by atoms with E-state index in [2.05, 4.69) is 25.9 Å². The number of rotatable bonds is 9. The topological polar surface area (TPSA) is 80.6 Å². The van der Waals surface area contributed by atoms with Crippen molar-refractivity contribution < 1.29 is 31.1 Å². The van der Waals surface area contributed by atoms with Crippen LogP contribution in [0.3, 0.4) is 0 Å². The molecule has 35 heavy (non-hydrogen) atoms. The van der Waals surface area contributed by atoms with E-state index in [9.17, 15) is 17.2 Å². The molecule has 0 aliphatic carbocycles.